The summed E-state index contributed by atoms with van der Waals surface area (Å²) in [6, 6.07) is -0.0712. The Morgan fingerprint density at radius 3 is 1.67 bits per heavy atom. The zero-order valence-electron chi connectivity index (χ0n) is 9.11. The van der Waals surface area contributed by atoms with Gasteiger partial charge in [0, 0.05) is 6.04 Å². The van der Waals surface area contributed by atoms with E-state index in [4.69, 9.17) is 4.55 Å². The minimum Gasteiger partial charge on any atom is -0.273 e. The average Bonchev–Trinajstić information content (AvgIpc) is 2.13. The van der Waals surface area contributed by atoms with E-state index >= 15 is 0 Å². The lowest BCUT2D eigenvalue weighted by molar-refractivity contribution is 0.407. The molecule has 1 saturated carbocycles. The first-order valence-electron chi connectivity index (χ1n) is 5.83. The third-order valence-corrected chi connectivity index (χ3v) is 3.55. The van der Waals surface area contributed by atoms with Crippen LogP contribution in [0.4, 0.5) is 0 Å². The van der Waals surface area contributed by atoms with E-state index in [0.717, 1.165) is 25.7 Å². The summed E-state index contributed by atoms with van der Waals surface area (Å²) in [5, 5.41) is 0. The Bertz CT molecular complexity index is 254. The highest BCUT2D eigenvalue weighted by Crippen LogP contribution is 2.17. The average molecular weight is 235 g/mol. The summed E-state index contributed by atoms with van der Waals surface area (Å²) in [6.45, 7) is 0. The predicted octanol–water partition coefficient (Wildman–Crippen LogP) is 2.27. The van der Waals surface area contributed by atoms with Gasteiger partial charge in [-0.1, -0.05) is 44.9 Å². The standard InChI is InChI=1S/C10H21NO3S/c12-15(13,14)11-10-8-6-4-2-1-3-5-7-9-10/h10-11H,1-9H2,(H,12,13,14). The molecule has 2 N–H and O–H groups in total. The summed E-state index contributed by atoms with van der Waals surface area (Å²) < 4.78 is 32.4. The Morgan fingerprint density at radius 1 is 0.867 bits per heavy atom. The highest BCUT2D eigenvalue weighted by molar-refractivity contribution is 7.83. The van der Waals surface area contributed by atoms with Gasteiger partial charge in [0.05, 0.1) is 0 Å². The van der Waals surface area contributed by atoms with E-state index in [1.54, 1.807) is 0 Å². The summed E-state index contributed by atoms with van der Waals surface area (Å²) in [6.07, 6.45) is 9.93. The van der Waals surface area contributed by atoms with E-state index in [2.05, 4.69) is 4.72 Å². The predicted molar refractivity (Wildman–Crippen MR) is 60.0 cm³/mol. The van der Waals surface area contributed by atoms with Gasteiger partial charge in [-0.25, -0.2) is 0 Å². The number of hydrogen-bond donors (Lipinski definition) is 2. The summed E-state index contributed by atoms with van der Waals surface area (Å²) in [4.78, 5) is 0. The van der Waals surface area contributed by atoms with Gasteiger partial charge < -0.3 is 0 Å². The third-order valence-electron chi connectivity index (χ3n) is 2.92. The molecule has 0 radical (unpaired) electrons. The molecule has 0 aromatic rings. The minimum absolute atomic E-state index is 0.0712. The molecule has 0 aliphatic heterocycles. The van der Waals surface area contributed by atoms with Gasteiger partial charge in [-0.05, 0) is 12.8 Å². The lowest BCUT2D eigenvalue weighted by atomic mass is 9.98. The third kappa shape index (κ3) is 6.87. The Labute approximate surface area is 92.3 Å². The highest BCUT2D eigenvalue weighted by atomic mass is 32.2. The molecule has 0 unspecified atom stereocenters. The Balaban J connectivity index is 2.38. The molecule has 0 atom stereocenters. The maximum absolute atomic E-state index is 10.7. The van der Waals surface area contributed by atoms with Gasteiger partial charge in [-0.3, -0.25) is 4.55 Å². The largest absolute Gasteiger partial charge is 0.333 e. The van der Waals surface area contributed by atoms with E-state index in [-0.39, 0.29) is 6.04 Å². The molecule has 0 saturated heterocycles. The van der Waals surface area contributed by atoms with Gasteiger partial charge in [0.2, 0.25) is 0 Å². The molecule has 0 bridgehead atoms. The molecule has 1 rings (SSSR count). The van der Waals surface area contributed by atoms with Crippen LogP contribution in [-0.4, -0.2) is 19.0 Å². The SMILES string of the molecule is O=S(=O)(O)NC1CCCCCCCCC1. The summed E-state index contributed by atoms with van der Waals surface area (Å²) in [5.41, 5.74) is 0. The zero-order valence-corrected chi connectivity index (χ0v) is 9.93. The van der Waals surface area contributed by atoms with Crippen molar-refractivity contribution in [1.82, 2.24) is 4.72 Å². The van der Waals surface area contributed by atoms with Gasteiger partial charge in [-0.2, -0.15) is 13.1 Å². The fourth-order valence-corrected chi connectivity index (χ4v) is 2.80. The molecule has 1 fully saturated rings. The molecular weight excluding hydrogens is 214 g/mol. The maximum atomic E-state index is 10.7. The van der Waals surface area contributed by atoms with Crippen molar-refractivity contribution in [3.63, 3.8) is 0 Å². The molecule has 0 spiro atoms. The quantitative estimate of drug-likeness (QED) is 0.721. The van der Waals surface area contributed by atoms with Crippen molar-refractivity contribution in [3.8, 4) is 0 Å². The highest BCUT2D eigenvalue weighted by Gasteiger charge is 2.15. The molecule has 5 heteroatoms. The summed E-state index contributed by atoms with van der Waals surface area (Å²) in [7, 11) is -4.02. The summed E-state index contributed by atoms with van der Waals surface area (Å²) >= 11 is 0. The van der Waals surface area contributed by atoms with E-state index < -0.39 is 10.3 Å². The van der Waals surface area contributed by atoms with Crippen LogP contribution in [0, 0.1) is 0 Å². The molecule has 90 valence electrons. The van der Waals surface area contributed by atoms with Gasteiger partial charge in [-0.15, -0.1) is 0 Å². The van der Waals surface area contributed by atoms with Gasteiger partial charge in [0.25, 0.3) is 0 Å². The van der Waals surface area contributed by atoms with Crippen LogP contribution in [0.2, 0.25) is 0 Å². The lowest BCUT2D eigenvalue weighted by Gasteiger charge is -2.17. The monoisotopic (exact) mass is 235 g/mol. The fourth-order valence-electron chi connectivity index (χ4n) is 2.14. The fraction of sp³-hybridized carbons (Fsp3) is 1.00. The molecule has 0 aromatic heterocycles. The normalized spacial score (nSPS) is 22.5. The molecule has 4 nitrogen and oxygen atoms in total. The van der Waals surface area contributed by atoms with Crippen molar-refractivity contribution < 1.29 is 13.0 Å². The molecular formula is C10H21NO3S. The van der Waals surface area contributed by atoms with Gasteiger partial charge in [0.15, 0.2) is 0 Å². The van der Waals surface area contributed by atoms with Gasteiger partial charge in [0.1, 0.15) is 0 Å². The molecule has 0 heterocycles. The second-order valence-electron chi connectivity index (χ2n) is 4.34. The Kier molecular flexibility index (Phi) is 5.56. The Hall–Kier alpha value is -0.130. The van der Waals surface area contributed by atoms with Crippen molar-refractivity contribution in [1.29, 1.82) is 0 Å². The van der Waals surface area contributed by atoms with E-state index in [9.17, 15) is 8.42 Å². The van der Waals surface area contributed by atoms with Crippen LogP contribution in [0.3, 0.4) is 0 Å². The zero-order chi connectivity index (χ0) is 11.1. The van der Waals surface area contributed by atoms with Crippen molar-refractivity contribution in [2.45, 2.75) is 63.8 Å². The van der Waals surface area contributed by atoms with Crippen LogP contribution in [0.15, 0.2) is 0 Å². The molecule has 1 aliphatic rings. The molecule has 0 aromatic carbocycles. The van der Waals surface area contributed by atoms with Gasteiger partial charge >= 0.3 is 10.3 Å². The first kappa shape index (κ1) is 12.9. The number of nitrogens with one attached hydrogen (secondary N) is 1. The second kappa shape index (κ2) is 6.45. The number of hydrogen-bond acceptors (Lipinski definition) is 2. The smallest absolute Gasteiger partial charge is 0.273 e. The number of rotatable bonds is 2. The van der Waals surface area contributed by atoms with Crippen LogP contribution in [0.25, 0.3) is 0 Å². The van der Waals surface area contributed by atoms with Crippen LogP contribution in [0.5, 0.6) is 0 Å². The van der Waals surface area contributed by atoms with Crippen molar-refractivity contribution in [2.75, 3.05) is 0 Å². The van der Waals surface area contributed by atoms with Crippen molar-refractivity contribution in [3.05, 3.63) is 0 Å². The Morgan fingerprint density at radius 2 is 1.27 bits per heavy atom. The van der Waals surface area contributed by atoms with Crippen LogP contribution >= 0.6 is 0 Å². The van der Waals surface area contributed by atoms with Crippen LogP contribution in [-0.2, 0) is 10.3 Å². The van der Waals surface area contributed by atoms with E-state index in [0.29, 0.717) is 0 Å². The lowest BCUT2D eigenvalue weighted by Crippen LogP contribution is -2.34. The maximum Gasteiger partial charge on any atom is 0.333 e. The van der Waals surface area contributed by atoms with E-state index in [1.807, 2.05) is 0 Å². The van der Waals surface area contributed by atoms with Crippen molar-refractivity contribution in [2.24, 2.45) is 0 Å². The molecule has 0 amide bonds. The topological polar surface area (TPSA) is 66.4 Å². The minimum atomic E-state index is -4.02. The van der Waals surface area contributed by atoms with Crippen molar-refractivity contribution >= 4 is 10.3 Å². The molecule has 1 aliphatic carbocycles. The first-order chi connectivity index (χ1) is 7.08. The van der Waals surface area contributed by atoms with E-state index in [1.165, 1.54) is 32.1 Å². The second-order valence-corrected chi connectivity index (χ2v) is 5.53. The van der Waals surface area contributed by atoms with Crippen LogP contribution < -0.4 is 4.72 Å². The van der Waals surface area contributed by atoms with Crippen LogP contribution in [0.1, 0.15) is 57.8 Å². The molecule has 15 heavy (non-hydrogen) atoms. The summed E-state index contributed by atoms with van der Waals surface area (Å²) in [5.74, 6) is 0. The first-order valence-corrected chi connectivity index (χ1v) is 7.27.